The molecule has 0 aliphatic carbocycles. The molecule has 0 fully saturated rings. The summed E-state index contributed by atoms with van der Waals surface area (Å²) in [5, 5.41) is 11.9. The molecule has 6 nitrogen and oxygen atoms in total. The third kappa shape index (κ3) is 3.71. The van der Waals surface area contributed by atoms with Crippen molar-refractivity contribution >= 4 is 17.4 Å². The van der Waals surface area contributed by atoms with Crippen LogP contribution < -0.4 is 19.7 Å². The number of rotatable bonds is 4. The molecule has 29 heavy (non-hydrogen) atoms. The molecule has 4 rings (SSSR count). The monoisotopic (exact) mass is 403 g/mol. The topological polar surface area (TPSA) is 70.7 Å². The summed E-state index contributed by atoms with van der Waals surface area (Å²) in [4.78, 5) is 1.66. The van der Waals surface area contributed by atoms with E-state index >= 15 is 0 Å². The lowest BCUT2D eigenvalue weighted by atomic mass is 10.1. The Balaban J connectivity index is 1.72. The number of hydrogen-bond donors (Lipinski definition) is 2. The fourth-order valence-electron chi connectivity index (χ4n) is 3.16. The van der Waals surface area contributed by atoms with Gasteiger partial charge in [0, 0.05) is 5.69 Å². The molecular formula is C20H16F3N3O3. The van der Waals surface area contributed by atoms with Crippen LogP contribution in [0.5, 0.6) is 11.5 Å². The predicted molar refractivity (Wildman–Crippen MR) is 100 cm³/mol. The maximum absolute atomic E-state index is 12.4. The van der Waals surface area contributed by atoms with Crippen molar-refractivity contribution in [2.75, 3.05) is 17.3 Å². The standard InChI is InChI=1S/C20H16F3N3O3/c1-27-14-6-2-12(3-7-14)18-25-19-16(10-11-28-19)17(24)26(18)13-4-8-15(9-5-13)29-20(21,22)23/h2-11,18,24-25H,1H3. The lowest BCUT2D eigenvalue weighted by molar-refractivity contribution is -0.274. The number of methoxy groups -OCH3 is 1. The first-order valence-corrected chi connectivity index (χ1v) is 8.57. The smallest absolute Gasteiger partial charge is 0.497 e. The van der Waals surface area contributed by atoms with Crippen LogP contribution in [0.1, 0.15) is 17.3 Å². The normalized spacial score (nSPS) is 16.2. The average Bonchev–Trinajstić information content (AvgIpc) is 3.17. The average molecular weight is 403 g/mol. The third-order valence-corrected chi connectivity index (χ3v) is 4.47. The fourth-order valence-corrected chi connectivity index (χ4v) is 3.16. The zero-order valence-electron chi connectivity index (χ0n) is 15.2. The van der Waals surface area contributed by atoms with Crippen LogP contribution in [-0.4, -0.2) is 19.3 Å². The van der Waals surface area contributed by atoms with Crippen LogP contribution in [0.15, 0.2) is 65.3 Å². The van der Waals surface area contributed by atoms with E-state index in [1.54, 1.807) is 30.2 Å². The number of furan rings is 1. The lowest BCUT2D eigenvalue weighted by Gasteiger charge is -2.38. The first kappa shape index (κ1) is 18.7. The lowest BCUT2D eigenvalue weighted by Crippen LogP contribution is -2.42. The van der Waals surface area contributed by atoms with E-state index in [9.17, 15) is 13.2 Å². The molecule has 150 valence electrons. The van der Waals surface area contributed by atoms with Gasteiger partial charge in [0.25, 0.3) is 0 Å². The van der Waals surface area contributed by atoms with Gasteiger partial charge in [0.2, 0.25) is 5.88 Å². The van der Waals surface area contributed by atoms with E-state index in [1.807, 2.05) is 12.1 Å². The van der Waals surface area contributed by atoms with E-state index in [0.717, 1.165) is 5.56 Å². The van der Waals surface area contributed by atoms with Crippen LogP contribution in [0.25, 0.3) is 0 Å². The second-order valence-electron chi connectivity index (χ2n) is 6.24. The first-order valence-electron chi connectivity index (χ1n) is 8.57. The molecule has 3 aromatic rings. The van der Waals surface area contributed by atoms with Crippen molar-refractivity contribution < 1.29 is 27.1 Å². The van der Waals surface area contributed by atoms with Gasteiger partial charge in [-0.3, -0.25) is 5.41 Å². The zero-order chi connectivity index (χ0) is 20.6. The molecule has 0 saturated carbocycles. The van der Waals surface area contributed by atoms with Crippen LogP contribution in [-0.2, 0) is 0 Å². The minimum absolute atomic E-state index is 0.151. The number of benzene rings is 2. The zero-order valence-corrected chi connectivity index (χ0v) is 15.2. The Morgan fingerprint density at radius 3 is 2.28 bits per heavy atom. The Hall–Kier alpha value is -3.62. The largest absolute Gasteiger partial charge is 0.573 e. The summed E-state index contributed by atoms with van der Waals surface area (Å²) in [5.74, 6) is 0.947. The number of halogens is 3. The van der Waals surface area contributed by atoms with Gasteiger partial charge in [-0.25, -0.2) is 0 Å². The maximum atomic E-state index is 12.4. The quantitative estimate of drug-likeness (QED) is 0.631. The molecule has 0 saturated heterocycles. The second-order valence-corrected chi connectivity index (χ2v) is 6.24. The van der Waals surface area contributed by atoms with Crippen LogP contribution in [0, 0.1) is 5.41 Å². The van der Waals surface area contributed by atoms with Gasteiger partial charge in [-0.15, -0.1) is 13.2 Å². The van der Waals surface area contributed by atoms with E-state index in [2.05, 4.69) is 10.1 Å². The van der Waals surface area contributed by atoms with Gasteiger partial charge in [0.1, 0.15) is 23.5 Å². The number of hydrogen-bond acceptors (Lipinski definition) is 5. The summed E-state index contributed by atoms with van der Waals surface area (Å²) in [7, 11) is 1.57. The first-order chi connectivity index (χ1) is 13.9. The SMILES string of the molecule is COc1ccc(C2Nc3occc3C(=N)N2c2ccc(OC(F)(F)F)cc2)cc1. The molecule has 0 bridgehead atoms. The second kappa shape index (κ2) is 7.08. The van der Waals surface area contributed by atoms with E-state index in [0.29, 0.717) is 22.9 Å². The van der Waals surface area contributed by atoms with Gasteiger partial charge in [-0.2, -0.15) is 0 Å². The number of amidine groups is 1. The Morgan fingerprint density at radius 2 is 1.66 bits per heavy atom. The highest BCUT2D eigenvalue weighted by Gasteiger charge is 2.34. The summed E-state index contributed by atoms with van der Waals surface area (Å²) in [5.41, 5.74) is 1.88. The molecule has 0 amide bonds. The van der Waals surface area contributed by atoms with Crippen molar-refractivity contribution in [2.24, 2.45) is 0 Å². The Labute approximate surface area is 164 Å². The Kier molecular flexibility index (Phi) is 4.57. The summed E-state index contributed by atoms with van der Waals surface area (Å²) < 4.78 is 51.9. The Bertz CT molecular complexity index is 1010. The molecular weight excluding hydrogens is 387 g/mol. The van der Waals surface area contributed by atoms with Crippen molar-refractivity contribution in [3.63, 3.8) is 0 Å². The van der Waals surface area contributed by atoms with Crippen molar-refractivity contribution in [3.8, 4) is 11.5 Å². The minimum Gasteiger partial charge on any atom is -0.497 e. The van der Waals surface area contributed by atoms with Gasteiger partial charge >= 0.3 is 6.36 Å². The molecule has 1 aliphatic heterocycles. The number of ether oxygens (including phenoxy) is 2. The van der Waals surface area contributed by atoms with Gasteiger partial charge in [0.15, 0.2) is 0 Å². The molecule has 1 aromatic heterocycles. The fraction of sp³-hybridized carbons (Fsp3) is 0.150. The van der Waals surface area contributed by atoms with Crippen molar-refractivity contribution in [2.45, 2.75) is 12.5 Å². The van der Waals surface area contributed by atoms with Gasteiger partial charge in [-0.1, -0.05) is 12.1 Å². The van der Waals surface area contributed by atoms with E-state index in [1.165, 1.54) is 30.5 Å². The minimum atomic E-state index is -4.77. The molecule has 0 radical (unpaired) electrons. The van der Waals surface area contributed by atoms with E-state index in [-0.39, 0.29) is 11.6 Å². The van der Waals surface area contributed by atoms with Crippen molar-refractivity contribution in [1.29, 1.82) is 5.41 Å². The van der Waals surface area contributed by atoms with Gasteiger partial charge in [-0.05, 0) is 48.0 Å². The highest BCUT2D eigenvalue weighted by Crippen LogP contribution is 2.38. The Morgan fingerprint density at radius 1 is 1.00 bits per heavy atom. The number of fused-ring (bicyclic) bond motifs is 1. The molecule has 9 heteroatoms. The number of alkyl halides is 3. The molecule has 1 unspecified atom stereocenters. The molecule has 2 heterocycles. The summed E-state index contributed by atoms with van der Waals surface area (Å²) >= 11 is 0. The van der Waals surface area contributed by atoms with E-state index in [4.69, 9.17) is 14.6 Å². The number of anilines is 2. The summed E-state index contributed by atoms with van der Waals surface area (Å²) in [6.07, 6.45) is -3.80. The van der Waals surface area contributed by atoms with Gasteiger partial charge in [0.05, 0.1) is 18.9 Å². The van der Waals surface area contributed by atoms with Crippen molar-refractivity contribution in [1.82, 2.24) is 0 Å². The van der Waals surface area contributed by atoms with Crippen LogP contribution >= 0.6 is 0 Å². The van der Waals surface area contributed by atoms with Gasteiger partial charge < -0.3 is 24.1 Å². The third-order valence-electron chi connectivity index (χ3n) is 4.47. The predicted octanol–water partition coefficient (Wildman–Crippen LogP) is 5.14. The molecule has 0 spiro atoms. The van der Waals surface area contributed by atoms with Crippen LogP contribution in [0.4, 0.5) is 24.7 Å². The number of nitrogens with one attached hydrogen (secondary N) is 2. The number of nitrogens with zero attached hydrogens (tertiary/aromatic N) is 1. The summed E-state index contributed by atoms with van der Waals surface area (Å²) in [6.45, 7) is 0. The molecule has 1 aliphatic rings. The van der Waals surface area contributed by atoms with Crippen LogP contribution in [0.2, 0.25) is 0 Å². The molecule has 2 aromatic carbocycles. The highest BCUT2D eigenvalue weighted by atomic mass is 19.4. The maximum Gasteiger partial charge on any atom is 0.573 e. The molecule has 1 atom stereocenters. The molecule has 2 N–H and O–H groups in total. The van der Waals surface area contributed by atoms with E-state index < -0.39 is 12.5 Å². The van der Waals surface area contributed by atoms with Crippen molar-refractivity contribution in [3.05, 3.63) is 72.0 Å². The van der Waals surface area contributed by atoms with Crippen LogP contribution in [0.3, 0.4) is 0 Å². The highest BCUT2D eigenvalue weighted by molar-refractivity contribution is 6.12. The summed E-state index contributed by atoms with van der Waals surface area (Å²) in [6, 6.07) is 14.3.